The number of amides is 1. The molecule has 0 aromatic heterocycles. The van der Waals surface area contributed by atoms with E-state index in [1.807, 2.05) is 5.32 Å². The van der Waals surface area contributed by atoms with Gasteiger partial charge in [-0.1, -0.05) is 12.1 Å². The molecule has 92 valence electrons. The van der Waals surface area contributed by atoms with Crippen molar-refractivity contribution in [2.24, 2.45) is 0 Å². The average molecular weight is 310 g/mol. The van der Waals surface area contributed by atoms with Gasteiger partial charge in [0, 0.05) is 0 Å². The van der Waals surface area contributed by atoms with Gasteiger partial charge in [0.25, 0.3) is 0 Å². The molecule has 0 bridgehead atoms. The first-order valence-corrected chi connectivity index (χ1v) is 5.46. The Kier molecular flexibility index (Phi) is 3.03. The summed E-state index contributed by atoms with van der Waals surface area (Å²) in [4.78, 5) is 11.0. The molecule has 0 spiro atoms. The van der Waals surface area contributed by atoms with Gasteiger partial charge in [-0.15, -0.1) is 0 Å². The second-order valence-electron chi connectivity index (χ2n) is 3.56. The molecule has 17 heavy (non-hydrogen) atoms. The molecule has 2 rings (SSSR count). The number of hydrogen-bond donors (Lipinski definition) is 1. The molecule has 1 N–H and O–H groups in total. The molecule has 1 heterocycles. The van der Waals surface area contributed by atoms with Gasteiger partial charge in [-0.2, -0.15) is 0 Å². The quantitative estimate of drug-likeness (QED) is 0.866. The normalized spacial score (nSPS) is 22.8. The number of alkyl halides is 2. The Balaban J connectivity index is 2.43. The SMILES string of the molecule is O=C1N[C@H](c2cccc(F)c2Br)C(F)(F)CO1. The maximum absolute atomic E-state index is 13.6. The predicted octanol–water partition coefficient (Wildman–Crippen LogP) is 3.00. The summed E-state index contributed by atoms with van der Waals surface area (Å²) in [7, 11) is 0. The molecule has 1 amide bonds. The summed E-state index contributed by atoms with van der Waals surface area (Å²) >= 11 is 2.89. The van der Waals surface area contributed by atoms with Crippen LogP contribution >= 0.6 is 15.9 Å². The Morgan fingerprint density at radius 3 is 2.88 bits per heavy atom. The van der Waals surface area contributed by atoms with Gasteiger partial charge in [0.2, 0.25) is 0 Å². The maximum Gasteiger partial charge on any atom is 0.408 e. The summed E-state index contributed by atoms with van der Waals surface area (Å²) in [6, 6.07) is 2.14. The molecule has 1 fully saturated rings. The van der Waals surface area contributed by atoms with Gasteiger partial charge in [-0.05, 0) is 27.6 Å². The van der Waals surface area contributed by atoms with Crippen molar-refractivity contribution in [3.8, 4) is 0 Å². The number of ether oxygens (including phenoxy) is 1. The third kappa shape index (κ3) is 2.24. The van der Waals surface area contributed by atoms with E-state index in [4.69, 9.17) is 0 Å². The van der Waals surface area contributed by atoms with Crippen molar-refractivity contribution in [2.75, 3.05) is 6.61 Å². The maximum atomic E-state index is 13.6. The number of nitrogens with one attached hydrogen (secondary N) is 1. The Morgan fingerprint density at radius 2 is 2.18 bits per heavy atom. The smallest absolute Gasteiger partial charge is 0.408 e. The van der Waals surface area contributed by atoms with E-state index in [9.17, 15) is 18.0 Å². The molecule has 1 aromatic carbocycles. The van der Waals surface area contributed by atoms with Crippen LogP contribution in [0.4, 0.5) is 18.0 Å². The Bertz CT molecular complexity index is 467. The summed E-state index contributed by atoms with van der Waals surface area (Å²) in [6.07, 6.45) is -0.947. The zero-order valence-corrected chi connectivity index (χ0v) is 9.93. The van der Waals surface area contributed by atoms with Crippen LogP contribution in [0.3, 0.4) is 0 Å². The lowest BCUT2D eigenvalue weighted by molar-refractivity contribution is -0.104. The molecular weight excluding hydrogens is 303 g/mol. The molecule has 7 heteroatoms. The topological polar surface area (TPSA) is 38.3 Å². The fourth-order valence-electron chi connectivity index (χ4n) is 1.56. The van der Waals surface area contributed by atoms with Crippen LogP contribution in [0.2, 0.25) is 0 Å². The molecular formula is C10H7BrF3NO2. The van der Waals surface area contributed by atoms with Crippen LogP contribution in [0.5, 0.6) is 0 Å². The summed E-state index contributed by atoms with van der Waals surface area (Å²) in [5.74, 6) is -3.96. The summed E-state index contributed by atoms with van der Waals surface area (Å²) < 4.78 is 44.5. The lowest BCUT2D eigenvalue weighted by Crippen LogP contribution is -2.49. The number of carbonyl (C=O) groups is 1. The van der Waals surface area contributed by atoms with Gasteiger partial charge < -0.3 is 10.1 Å². The summed E-state index contributed by atoms with van der Waals surface area (Å²) in [5.41, 5.74) is -0.0216. The molecule has 0 saturated carbocycles. The van der Waals surface area contributed by atoms with E-state index in [1.54, 1.807) is 0 Å². The summed E-state index contributed by atoms with van der Waals surface area (Å²) in [6.45, 7) is -1.02. The largest absolute Gasteiger partial charge is 0.443 e. The van der Waals surface area contributed by atoms with Crippen molar-refractivity contribution in [1.29, 1.82) is 0 Å². The highest BCUT2D eigenvalue weighted by Crippen LogP contribution is 2.38. The van der Waals surface area contributed by atoms with Crippen LogP contribution in [0, 0.1) is 5.82 Å². The van der Waals surface area contributed by atoms with Crippen LogP contribution in [-0.4, -0.2) is 18.6 Å². The number of hydrogen-bond acceptors (Lipinski definition) is 2. The van der Waals surface area contributed by atoms with Crippen molar-refractivity contribution >= 4 is 22.0 Å². The van der Waals surface area contributed by atoms with Gasteiger partial charge in [0.05, 0.1) is 4.47 Å². The van der Waals surface area contributed by atoms with E-state index in [1.165, 1.54) is 12.1 Å². The van der Waals surface area contributed by atoms with Gasteiger partial charge in [-0.25, -0.2) is 18.0 Å². The first-order valence-electron chi connectivity index (χ1n) is 4.67. The van der Waals surface area contributed by atoms with Crippen molar-refractivity contribution in [3.63, 3.8) is 0 Å². The highest BCUT2D eigenvalue weighted by molar-refractivity contribution is 9.10. The minimum Gasteiger partial charge on any atom is -0.443 e. The summed E-state index contributed by atoms with van der Waals surface area (Å²) in [5, 5.41) is 1.98. The standard InChI is InChI=1S/C10H7BrF3NO2/c11-7-5(2-1-3-6(7)12)8-10(13,14)4-17-9(16)15-8/h1-3,8H,4H2,(H,15,16)/t8-/m1/s1. The van der Waals surface area contributed by atoms with Gasteiger partial charge in [-0.3, -0.25) is 0 Å². The molecule has 0 aliphatic carbocycles. The van der Waals surface area contributed by atoms with Crippen molar-refractivity contribution < 1.29 is 22.7 Å². The molecule has 1 atom stereocenters. The third-order valence-electron chi connectivity index (χ3n) is 2.37. The molecule has 0 radical (unpaired) electrons. The van der Waals surface area contributed by atoms with Gasteiger partial charge in [0.1, 0.15) is 11.9 Å². The molecule has 0 unspecified atom stereocenters. The monoisotopic (exact) mass is 309 g/mol. The number of halogens is 4. The van der Waals surface area contributed by atoms with E-state index in [-0.39, 0.29) is 10.0 Å². The second kappa shape index (κ2) is 4.21. The Labute approximate surface area is 103 Å². The zero-order valence-electron chi connectivity index (χ0n) is 8.34. The predicted molar refractivity (Wildman–Crippen MR) is 56.3 cm³/mol. The number of carbonyl (C=O) groups excluding carboxylic acids is 1. The molecule has 3 nitrogen and oxygen atoms in total. The fourth-order valence-corrected chi connectivity index (χ4v) is 2.05. The van der Waals surface area contributed by atoms with Crippen LogP contribution in [0.1, 0.15) is 11.6 Å². The molecule has 1 aliphatic rings. The number of cyclic esters (lactones) is 1. The molecule has 1 aliphatic heterocycles. The average Bonchev–Trinajstić information content (AvgIpc) is 2.26. The minimum atomic E-state index is -3.29. The van der Waals surface area contributed by atoms with E-state index < -0.39 is 30.5 Å². The highest BCUT2D eigenvalue weighted by atomic mass is 79.9. The zero-order chi connectivity index (χ0) is 12.6. The third-order valence-corrected chi connectivity index (χ3v) is 3.21. The van der Waals surface area contributed by atoms with Gasteiger partial charge in [0.15, 0.2) is 6.61 Å². The van der Waals surface area contributed by atoms with E-state index in [0.29, 0.717) is 0 Å². The first kappa shape index (κ1) is 12.2. The molecule has 1 saturated heterocycles. The fraction of sp³-hybridized carbons (Fsp3) is 0.300. The number of rotatable bonds is 1. The van der Waals surface area contributed by atoms with E-state index in [2.05, 4.69) is 20.7 Å². The van der Waals surface area contributed by atoms with Gasteiger partial charge >= 0.3 is 12.0 Å². The second-order valence-corrected chi connectivity index (χ2v) is 4.35. The minimum absolute atomic E-state index is 0.0216. The number of alkyl carbamates (subject to hydrolysis) is 1. The van der Waals surface area contributed by atoms with E-state index >= 15 is 0 Å². The first-order chi connectivity index (χ1) is 7.92. The van der Waals surface area contributed by atoms with Crippen LogP contribution in [-0.2, 0) is 4.74 Å². The number of benzene rings is 1. The Morgan fingerprint density at radius 1 is 1.47 bits per heavy atom. The van der Waals surface area contributed by atoms with Crippen LogP contribution in [0.25, 0.3) is 0 Å². The lowest BCUT2D eigenvalue weighted by Gasteiger charge is -2.32. The lowest BCUT2D eigenvalue weighted by atomic mass is 10.00. The van der Waals surface area contributed by atoms with Crippen molar-refractivity contribution in [1.82, 2.24) is 5.32 Å². The highest BCUT2D eigenvalue weighted by Gasteiger charge is 2.47. The van der Waals surface area contributed by atoms with Crippen LogP contribution in [0.15, 0.2) is 22.7 Å². The Hall–Kier alpha value is -1.24. The molecule has 1 aromatic rings. The van der Waals surface area contributed by atoms with Crippen molar-refractivity contribution in [3.05, 3.63) is 34.1 Å². The van der Waals surface area contributed by atoms with Crippen molar-refractivity contribution in [2.45, 2.75) is 12.0 Å². The van der Waals surface area contributed by atoms with Crippen LogP contribution < -0.4 is 5.32 Å². The van der Waals surface area contributed by atoms with E-state index in [0.717, 1.165) is 6.07 Å².